The van der Waals surface area contributed by atoms with Crippen LogP contribution in [0.25, 0.3) is 16.8 Å². The molecule has 1 fully saturated rings. The van der Waals surface area contributed by atoms with E-state index in [9.17, 15) is 19.5 Å². The molecule has 5 rings (SSSR count). The van der Waals surface area contributed by atoms with Gasteiger partial charge in [0.1, 0.15) is 34.5 Å². The second-order valence-electron chi connectivity index (χ2n) is 11.1. The van der Waals surface area contributed by atoms with Gasteiger partial charge in [0.05, 0.1) is 5.41 Å². The summed E-state index contributed by atoms with van der Waals surface area (Å²) in [4.78, 5) is 50.7. The van der Waals surface area contributed by atoms with Gasteiger partial charge in [0, 0.05) is 48.0 Å². The van der Waals surface area contributed by atoms with Crippen LogP contribution in [-0.4, -0.2) is 42.1 Å². The molecule has 0 unspecified atom stereocenters. The van der Waals surface area contributed by atoms with E-state index in [1.807, 2.05) is 35.7 Å². The Balaban J connectivity index is 1.39. The molecule has 3 aromatic heterocycles. The number of nitrogens with two attached hydrogens (primary N) is 1. The van der Waals surface area contributed by atoms with Crippen molar-refractivity contribution in [2.75, 3.05) is 11.1 Å². The molecule has 1 aliphatic carbocycles. The van der Waals surface area contributed by atoms with E-state index < -0.39 is 11.4 Å². The number of aromatic nitrogens is 4. The molecule has 1 amide bonds. The number of hydrogen-bond donors (Lipinski definition) is 3. The van der Waals surface area contributed by atoms with Crippen LogP contribution in [0, 0.1) is 18.3 Å². The molecule has 3 heterocycles. The number of carbonyl (C=O) groups is 3. The van der Waals surface area contributed by atoms with Gasteiger partial charge in [-0.25, -0.2) is 15.0 Å². The van der Waals surface area contributed by atoms with Crippen molar-refractivity contribution in [3.8, 4) is 11.3 Å². The number of benzene rings is 1. The van der Waals surface area contributed by atoms with Gasteiger partial charge in [-0.15, -0.1) is 0 Å². The molecule has 4 aromatic rings. The van der Waals surface area contributed by atoms with Gasteiger partial charge in [-0.2, -0.15) is 0 Å². The van der Waals surface area contributed by atoms with E-state index in [0.29, 0.717) is 41.3 Å². The van der Waals surface area contributed by atoms with Crippen molar-refractivity contribution in [2.24, 2.45) is 11.3 Å². The van der Waals surface area contributed by atoms with Crippen molar-refractivity contribution < 1.29 is 19.5 Å². The standard InChI is InChI=1S/C30H32N6O4/c1-17-10-11-32-23(14-17)34-28(38)19-6-4-18(5-7-19)24-25-26(31)33-12-13-36(25)27(35-24)21-9-8-20(15-21)22(37)16-30(2,3)29(39)40/h4-7,10-14,20-21H,8-9,15-16H2,1-3H3,(H2,31,33)(H,39,40)(H,32,34,38)/t20-,21+/m0/s1. The highest BCUT2D eigenvalue weighted by Crippen LogP contribution is 2.42. The highest BCUT2D eigenvalue weighted by atomic mass is 16.4. The van der Waals surface area contributed by atoms with Gasteiger partial charge in [0.15, 0.2) is 0 Å². The molecular weight excluding hydrogens is 508 g/mol. The number of ketones is 1. The van der Waals surface area contributed by atoms with Crippen LogP contribution in [0.5, 0.6) is 0 Å². The molecule has 0 saturated heterocycles. The number of fused-ring (bicyclic) bond motifs is 1. The minimum Gasteiger partial charge on any atom is -0.481 e. The number of carboxylic acids is 1. The topological polar surface area (TPSA) is 153 Å². The summed E-state index contributed by atoms with van der Waals surface area (Å²) in [5.74, 6) is 0.142. The van der Waals surface area contributed by atoms with Gasteiger partial charge in [-0.1, -0.05) is 12.1 Å². The zero-order chi connectivity index (χ0) is 28.6. The first-order valence-corrected chi connectivity index (χ1v) is 13.3. The van der Waals surface area contributed by atoms with Gasteiger partial charge in [-0.3, -0.25) is 18.8 Å². The summed E-state index contributed by atoms with van der Waals surface area (Å²) in [5.41, 5.74) is 8.77. The molecule has 0 spiro atoms. The summed E-state index contributed by atoms with van der Waals surface area (Å²) in [7, 11) is 0. The molecule has 40 heavy (non-hydrogen) atoms. The van der Waals surface area contributed by atoms with Gasteiger partial charge in [-0.05, 0) is 69.9 Å². The third kappa shape index (κ3) is 5.29. The number of anilines is 2. The van der Waals surface area contributed by atoms with E-state index in [4.69, 9.17) is 10.7 Å². The predicted molar refractivity (Wildman–Crippen MR) is 151 cm³/mol. The summed E-state index contributed by atoms with van der Waals surface area (Å²) in [6.45, 7) is 5.09. The molecule has 1 aliphatic rings. The Kier molecular flexibility index (Phi) is 7.10. The molecule has 1 saturated carbocycles. The van der Waals surface area contributed by atoms with Crippen LogP contribution in [-0.2, 0) is 9.59 Å². The Morgan fingerprint density at radius 3 is 2.55 bits per heavy atom. The van der Waals surface area contributed by atoms with Crippen LogP contribution in [0.2, 0.25) is 0 Å². The van der Waals surface area contributed by atoms with Crippen LogP contribution in [0.15, 0.2) is 55.0 Å². The zero-order valence-electron chi connectivity index (χ0n) is 22.7. The first-order chi connectivity index (χ1) is 19.0. The fourth-order valence-electron chi connectivity index (χ4n) is 5.31. The molecule has 1 aromatic carbocycles. The number of Topliss-reactive ketones (excluding diaryl/α,β-unsaturated/α-hetero) is 1. The number of aryl methyl sites for hydroxylation is 1. The highest BCUT2D eigenvalue weighted by Gasteiger charge is 2.38. The Morgan fingerprint density at radius 2 is 1.85 bits per heavy atom. The average Bonchev–Trinajstić information content (AvgIpc) is 3.55. The third-order valence-electron chi connectivity index (χ3n) is 7.64. The number of carbonyl (C=O) groups excluding carboxylic acids is 2. The van der Waals surface area contributed by atoms with Crippen LogP contribution in [0.4, 0.5) is 11.6 Å². The normalized spacial score (nSPS) is 17.2. The maximum absolute atomic E-state index is 12.9. The van der Waals surface area contributed by atoms with E-state index >= 15 is 0 Å². The number of amides is 1. The van der Waals surface area contributed by atoms with E-state index in [1.165, 1.54) is 0 Å². The van der Waals surface area contributed by atoms with Crippen molar-refractivity contribution in [2.45, 2.75) is 52.4 Å². The van der Waals surface area contributed by atoms with Crippen molar-refractivity contribution in [3.63, 3.8) is 0 Å². The molecule has 0 radical (unpaired) electrons. The SMILES string of the molecule is Cc1ccnc(NC(=O)c2ccc(-c3nc([C@@H]4CC[C@H](C(=O)CC(C)(C)C(=O)O)C4)n4ccnc(N)c34)cc2)c1. The zero-order valence-corrected chi connectivity index (χ0v) is 22.7. The number of imidazole rings is 1. The fourth-order valence-corrected chi connectivity index (χ4v) is 5.31. The Hall–Kier alpha value is -4.60. The summed E-state index contributed by atoms with van der Waals surface area (Å²) < 4.78 is 1.93. The number of aliphatic carboxylic acids is 1. The fraction of sp³-hybridized carbons (Fsp3) is 0.333. The summed E-state index contributed by atoms with van der Waals surface area (Å²) >= 11 is 0. The van der Waals surface area contributed by atoms with Crippen LogP contribution in [0.3, 0.4) is 0 Å². The van der Waals surface area contributed by atoms with Gasteiger partial charge in [0.2, 0.25) is 0 Å². The van der Waals surface area contributed by atoms with E-state index in [0.717, 1.165) is 23.4 Å². The van der Waals surface area contributed by atoms with E-state index in [-0.39, 0.29) is 29.9 Å². The second-order valence-corrected chi connectivity index (χ2v) is 11.1. The Bertz CT molecular complexity index is 1610. The highest BCUT2D eigenvalue weighted by molar-refractivity contribution is 6.04. The monoisotopic (exact) mass is 540 g/mol. The third-order valence-corrected chi connectivity index (χ3v) is 7.64. The van der Waals surface area contributed by atoms with Gasteiger partial charge < -0.3 is 16.2 Å². The minimum atomic E-state index is -1.10. The lowest BCUT2D eigenvalue weighted by molar-refractivity contribution is -0.149. The van der Waals surface area contributed by atoms with Crippen molar-refractivity contribution >= 4 is 34.8 Å². The molecule has 0 bridgehead atoms. The van der Waals surface area contributed by atoms with Crippen molar-refractivity contribution in [3.05, 3.63) is 71.9 Å². The number of pyridine rings is 1. The predicted octanol–water partition coefficient (Wildman–Crippen LogP) is 4.89. The Labute approximate surface area is 231 Å². The second kappa shape index (κ2) is 10.5. The minimum absolute atomic E-state index is 0.00401. The molecule has 0 aliphatic heterocycles. The largest absolute Gasteiger partial charge is 0.481 e. The number of rotatable bonds is 8. The maximum Gasteiger partial charge on any atom is 0.309 e. The Morgan fingerprint density at radius 1 is 1.10 bits per heavy atom. The lowest BCUT2D eigenvalue weighted by Crippen LogP contribution is -2.29. The summed E-state index contributed by atoms with van der Waals surface area (Å²) in [5, 5.41) is 12.2. The van der Waals surface area contributed by atoms with E-state index in [1.54, 1.807) is 44.4 Å². The number of nitrogens with zero attached hydrogens (tertiary/aromatic N) is 4. The summed E-state index contributed by atoms with van der Waals surface area (Å²) in [6.07, 6.45) is 7.13. The molecule has 10 heteroatoms. The van der Waals surface area contributed by atoms with Crippen LogP contribution < -0.4 is 11.1 Å². The van der Waals surface area contributed by atoms with Crippen molar-refractivity contribution in [1.29, 1.82) is 0 Å². The smallest absolute Gasteiger partial charge is 0.309 e. The molecule has 206 valence electrons. The average molecular weight is 541 g/mol. The number of nitrogens with one attached hydrogen (secondary N) is 1. The molecule has 2 atom stereocenters. The lowest BCUT2D eigenvalue weighted by Gasteiger charge is -2.20. The summed E-state index contributed by atoms with van der Waals surface area (Å²) in [6, 6.07) is 10.8. The van der Waals surface area contributed by atoms with E-state index in [2.05, 4.69) is 15.3 Å². The quantitative estimate of drug-likeness (QED) is 0.286. The number of hydrogen-bond acceptors (Lipinski definition) is 7. The maximum atomic E-state index is 12.9. The van der Waals surface area contributed by atoms with Crippen LogP contribution in [0.1, 0.15) is 67.2 Å². The number of nitrogen functional groups attached to an aromatic ring is 1. The van der Waals surface area contributed by atoms with Crippen molar-refractivity contribution in [1.82, 2.24) is 19.4 Å². The molecule has 10 nitrogen and oxygen atoms in total. The van der Waals surface area contributed by atoms with Gasteiger partial charge >= 0.3 is 5.97 Å². The number of carboxylic acid groups (broad SMARTS) is 1. The molecule has 4 N–H and O–H groups in total. The van der Waals surface area contributed by atoms with Gasteiger partial charge in [0.25, 0.3) is 5.91 Å². The first-order valence-electron chi connectivity index (χ1n) is 13.3. The first kappa shape index (κ1) is 27.0. The molecular formula is C30H32N6O4. The lowest BCUT2D eigenvalue weighted by atomic mass is 9.83. The van der Waals surface area contributed by atoms with Crippen LogP contribution >= 0.6 is 0 Å².